The molecule has 0 radical (unpaired) electrons. The second kappa shape index (κ2) is 11.4. The number of benzene rings is 5. The number of hydrogen-bond acceptors (Lipinski definition) is 4. The van der Waals surface area contributed by atoms with Gasteiger partial charge in [0.2, 0.25) is 0 Å². The zero-order valence-electron chi connectivity index (χ0n) is 28.9. The molecule has 0 spiro atoms. The van der Waals surface area contributed by atoms with E-state index < -0.39 is 0 Å². The fourth-order valence-electron chi connectivity index (χ4n) is 7.76. The second-order valence-corrected chi connectivity index (χ2v) is 14.3. The zero-order chi connectivity index (χ0) is 34.7. The van der Waals surface area contributed by atoms with Gasteiger partial charge in [-0.1, -0.05) is 68.8 Å². The molecule has 0 saturated heterocycles. The molecule has 11 aromatic rings. The molecule has 53 heavy (non-hydrogen) atoms. The summed E-state index contributed by atoms with van der Waals surface area (Å²) in [6.45, 7) is 6.66. The molecule has 0 saturated carbocycles. The van der Waals surface area contributed by atoms with Gasteiger partial charge in [-0.05, 0) is 82.7 Å². The molecule has 0 atom stereocenters. The van der Waals surface area contributed by atoms with Gasteiger partial charge < -0.3 is 22.5 Å². The van der Waals surface area contributed by atoms with Gasteiger partial charge >= 0.3 is 21.1 Å². The predicted molar refractivity (Wildman–Crippen MR) is 205 cm³/mol. The van der Waals surface area contributed by atoms with Crippen LogP contribution in [0.25, 0.3) is 77.6 Å². The van der Waals surface area contributed by atoms with Crippen molar-refractivity contribution < 1.29 is 30.2 Å². The first-order valence-corrected chi connectivity index (χ1v) is 17.3. The number of furan rings is 1. The molecular formula is C44H30N6O2Pt. The Hall–Kier alpha value is -6.11. The number of fused-ring (bicyclic) bond motifs is 6. The average molecular weight is 870 g/mol. The predicted octanol–water partition coefficient (Wildman–Crippen LogP) is 10.6. The van der Waals surface area contributed by atoms with Crippen LogP contribution in [0.4, 0.5) is 0 Å². The molecule has 11 rings (SSSR count). The van der Waals surface area contributed by atoms with Crippen molar-refractivity contribution in [3.05, 3.63) is 146 Å². The number of ether oxygens (including phenoxy) is 1. The standard InChI is InChI=1S/C44H30N6O2.Pt/c1-44(2,3)27-20-21-45-38(24-27)50-32-13-8-7-12-30(32)31-17-16-29(25-35(31)50)51-39-26-48-42-34(47-23-22-46-43(47)48)18-19-37-41(42)40-33(14-9-15-36(40)52-37)49(39)28-10-5-4-6-11-28;/h4-24H,1-3H3;/q-2;+2. The smallest absolute Gasteiger partial charge is 0.477 e. The molecule has 6 aromatic heterocycles. The summed E-state index contributed by atoms with van der Waals surface area (Å²) in [4.78, 5) is 9.63. The summed E-state index contributed by atoms with van der Waals surface area (Å²) >= 11 is 0. The van der Waals surface area contributed by atoms with Crippen molar-refractivity contribution in [2.24, 2.45) is 0 Å². The van der Waals surface area contributed by atoms with E-state index >= 15 is 0 Å². The van der Waals surface area contributed by atoms with Crippen molar-refractivity contribution in [3.8, 4) is 23.1 Å². The topological polar surface area (TPSA) is 66.8 Å². The molecule has 5 aromatic carbocycles. The van der Waals surface area contributed by atoms with E-state index in [1.54, 1.807) is 6.20 Å². The SMILES string of the molecule is CC(C)(C)c1ccnc(-n2c3[c-]c(Oc4[c-]n5c6c7c(ccc6n6ccnc56)oc5cccc(c57)n4-c4ccccc4)ccc3c3ccccc32)c1.[Pt+2]. The third kappa shape index (κ3) is 4.58. The van der Waals surface area contributed by atoms with Gasteiger partial charge in [-0.3, -0.25) is 9.55 Å². The Morgan fingerprint density at radius 3 is 2.38 bits per heavy atom. The summed E-state index contributed by atoms with van der Waals surface area (Å²) in [6.07, 6.45) is 9.34. The maximum Gasteiger partial charge on any atom is 2.00 e. The van der Waals surface area contributed by atoms with Crippen LogP contribution >= 0.6 is 0 Å². The molecule has 8 nitrogen and oxygen atoms in total. The fraction of sp³-hybridized carbons (Fsp3) is 0.0909. The van der Waals surface area contributed by atoms with Gasteiger partial charge in [0.15, 0.2) is 5.88 Å². The minimum atomic E-state index is -0.0396. The van der Waals surface area contributed by atoms with Crippen molar-refractivity contribution in [1.82, 2.24) is 27.9 Å². The molecular weight excluding hydrogens is 840 g/mol. The van der Waals surface area contributed by atoms with Crippen LogP contribution in [0.15, 0.2) is 132 Å². The van der Waals surface area contributed by atoms with Crippen molar-refractivity contribution in [3.63, 3.8) is 0 Å². The molecule has 9 heteroatoms. The summed E-state index contributed by atoms with van der Waals surface area (Å²) in [5.74, 6) is 2.54. The van der Waals surface area contributed by atoms with Gasteiger partial charge in [0, 0.05) is 51.8 Å². The molecule has 0 amide bonds. The summed E-state index contributed by atoms with van der Waals surface area (Å²) in [6, 6.07) is 40.9. The zero-order valence-corrected chi connectivity index (χ0v) is 31.2. The molecule has 0 unspecified atom stereocenters. The van der Waals surface area contributed by atoms with E-state index in [9.17, 15) is 0 Å². The number of para-hydroxylation sites is 2. The third-order valence-electron chi connectivity index (χ3n) is 10.2. The van der Waals surface area contributed by atoms with Crippen LogP contribution in [-0.2, 0) is 26.5 Å². The Morgan fingerprint density at radius 1 is 0.698 bits per heavy atom. The van der Waals surface area contributed by atoms with Gasteiger partial charge in [-0.25, -0.2) is 4.98 Å². The number of aromatic nitrogens is 6. The van der Waals surface area contributed by atoms with Crippen LogP contribution in [0.3, 0.4) is 0 Å². The number of pyridine rings is 1. The van der Waals surface area contributed by atoms with Gasteiger partial charge in [-0.15, -0.1) is 17.5 Å². The number of hydrogen-bond donors (Lipinski definition) is 0. The van der Waals surface area contributed by atoms with E-state index in [1.165, 1.54) is 5.56 Å². The number of rotatable bonds is 4. The molecule has 0 fully saturated rings. The van der Waals surface area contributed by atoms with Crippen LogP contribution < -0.4 is 4.74 Å². The van der Waals surface area contributed by atoms with E-state index in [1.807, 2.05) is 59.3 Å². The second-order valence-electron chi connectivity index (χ2n) is 14.3. The molecule has 0 N–H and O–H groups in total. The maximum absolute atomic E-state index is 7.03. The summed E-state index contributed by atoms with van der Waals surface area (Å²) in [5.41, 5.74) is 8.45. The van der Waals surface area contributed by atoms with E-state index in [4.69, 9.17) is 19.1 Å². The van der Waals surface area contributed by atoms with Crippen LogP contribution in [0.1, 0.15) is 26.3 Å². The Bertz CT molecular complexity index is 3210. The average Bonchev–Trinajstić information content (AvgIpc) is 3.92. The molecule has 0 aliphatic carbocycles. The van der Waals surface area contributed by atoms with Gasteiger partial charge in [0.1, 0.15) is 22.8 Å². The van der Waals surface area contributed by atoms with Gasteiger partial charge in [-0.2, -0.15) is 6.07 Å². The Balaban J connectivity index is 0.00000349. The minimum Gasteiger partial charge on any atom is -0.477 e. The number of imidazole rings is 2. The van der Waals surface area contributed by atoms with E-state index in [-0.39, 0.29) is 26.5 Å². The quantitative estimate of drug-likeness (QED) is 0.165. The van der Waals surface area contributed by atoms with Crippen LogP contribution in [0, 0.1) is 12.3 Å². The Labute approximate surface area is 317 Å². The normalized spacial score (nSPS) is 12.3. The largest absolute Gasteiger partial charge is 2.00 e. The molecule has 6 heterocycles. The molecule has 0 bridgehead atoms. The summed E-state index contributed by atoms with van der Waals surface area (Å²) in [7, 11) is 0. The van der Waals surface area contributed by atoms with Crippen LogP contribution in [-0.4, -0.2) is 27.9 Å². The Kier molecular flexibility index (Phi) is 6.83. The van der Waals surface area contributed by atoms with Crippen LogP contribution in [0.5, 0.6) is 11.6 Å². The monoisotopic (exact) mass is 869 g/mol. The molecule has 0 aliphatic heterocycles. The number of nitrogens with zero attached hydrogens (tertiary/aromatic N) is 6. The summed E-state index contributed by atoms with van der Waals surface area (Å²) in [5, 5.41) is 4.17. The van der Waals surface area contributed by atoms with Crippen molar-refractivity contribution in [1.29, 1.82) is 0 Å². The fourth-order valence-corrected chi connectivity index (χ4v) is 7.76. The first-order chi connectivity index (χ1) is 25.4. The maximum atomic E-state index is 7.03. The molecule has 0 aliphatic rings. The van der Waals surface area contributed by atoms with Gasteiger partial charge in [0.05, 0.1) is 5.52 Å². The van der Waals surface area contributed by atoms with Gasteiger partial charge in [0.25, 0.3) is 0 Å². The van der Waals surface area contributed by atoms with Crippen LogP contribution in [0.2, 0.25) is 0 Å². The molecule has 258 valence electrons. The first kappa shape index (κ1) is 31.6. The Morgan fingerprint density at radius 2 is 1.51 bits per heavy atom. The van der Waals surface area contributed by atoms with Crippen molar-refractivity contribution in [2.45, 2.75) is 26.2 Å². The van der Waals surface area contributed by atoms with E-state index in [0.717, 1.165) is 77.6 Å². The minimum absolute atomic E-state index is 0. The van der Waals surface area contributed by atoms with E-state index in [2.05, 4.69) is 113 Å². The van der Waals surface area contributed by atoms with E-state index in [0.29, 0.717) is 11.6 Å². The third-order valence-corrected chi connectivity index (χ3v) is 10.2. The summed E-state index contributed by atoms with van der Waals surface area (Å²) < 4.78 is 21.9. The first-order valence-electron chi connectivity index (χ1n) is 17.3. The van der Waals surface area contributed by atoms with Crippen molar-refractivity contribution >= 4 is 66.1 Å². The van der Waals surface area contributed by atoms with Crippen molar-refractivity contribution in [2.75, 3.05) is 0 Å².